The van der Waals surface area contributed by atoms with Crippen LogP contribution in [0.5, 0.6) is 0 Å². The third-order valence-electron chi connectivity index (χ3n) is 5.18. The Kier molecular flexibility index (Phi) is 6.85. The molecule has 1 aromatic heterocycles. The van der Waals surface area contributed by atoms with E-state index in [1.165, 1.54) is 10.8 Å². The van der Waals surface area contributed by atoms with Crippen LogP contribution in [-0.4, -0.2) is 21.6 Å². The molecule has 34 heavy (non-hydrogen) atoms. The smallest absolute Gasteiger partial charge is 0.268 e. The molecule has 7 nitrogen and oxygen atoms in total. The van der Waals surface area contributed by atoms with Crippen LogP contribution in [0.25, 0.3) is 16.8 Å². The number of amides is 2. The molecule has 0 atom stereocenters. The first kappa shape index (κ1) is 22.9. The van der Waals surface area contributed by atoms with Gasteiger partial charge in [0.05, 0.1) is 11.9 Å². The van der Waals surface area contributed by atoms with Gasteiger partial charge in [0.1, 0.15) is 0 Å². The molecule has 0 fully saturated rings. The first-order valence-corrected chi connectivity index (χ1v) is 10.9. The number of carbonyl (C=O) groups excluding carboxylic acids is 2. The van der Waals surface area contributed by atoms with Crippen molar-refractivity contribution in [3.63, 3.8) is 0 Å². The molecule has 4 aromatic rings. The molecule has 0 unspecified atom stereocenters. The van der Waals surface area contributed by atoms with E-state index in [0.717, 1.165) is 16.7 Å². The van der Waals surface area contributed by atoms with E-state index in [9.17, 15) is 14.4 Å². The molecular formula is C26H21ClN4O3. The molecule has 3 aromatic carbocycles. The lowest BCUT2D eigenvalue weighted by molar-refractivity contribution is -0.117. The standard InChI is InChI=1S/C26H21ClN4O3/c1-17-11-12-18(15-22(17)27)13-14-23(32)28-29-25(33)24-20-9-5-6-10-21(20)26(34)31(30-24)16-19-7-3-2-4-8-19/h2-15H,16H2,1H3,(H,28,32)(H,29,33)/b14-13+. The molecule has 2 amide bonds. The number of nitrogens with one attached hydrogen (secondary N) is 2. The first-order valence-electron chi connectivity index (χ1n) is 10.5. The topological polar surface area (TPSA) is 93.1 Å². The SMILES string of the molecule is Cc1ccc(/C=C/C(=O)NNC(=O)c2nn(Cc3ccccc3)c(=O)c3ccccc23)cc1Cl. The number of benzene rings is 3. The summed E-state index contributed by atoms with van der Waals surface area (Å²) in [6.07, 6.45) is 2.86. The van der Waals surface area contributed by atoms with Gasteiger partial charge in [-0.2, -0.15) is 5.10 Å². The number of nitrogens with zero attached hydrogens (tertiary/aromatic N) is 2. The van der Waals surface area contributed by atoms with Crippen molar-refractivity contribution in [1.82, 2.24) is 20.6 Å². The lowest BCUT2D eigenvalue weighted by atomic mass is 10.1. The van der Waals surface area contributed by atoms with Gasteiger partial charge in [0.15, 0.2) is 5.69 Å². The van der Waals surface area contributed by atoms with E-state index in [4.69, 9.17) is 11.6 Å². The number of aryl methyl sites for hydroxylation is 1. The molecule has 1 heterocycles. The monoisotopic (exact) mass is 472 g/mol. The normalized spacial score (nSPS) is 11.0. The van der Waals surface area contributed by atoms with Crippen molar-refractivity contribution in [3.8, 4) is 0 Å². The van der Waals surface area contributed by atoms with Crippen molar-refractivity contribution in [2.75, 3.05) is 0 Å². The van der Waals surface area contributed by atoms with Crippen LogP contribution in [-0.2, 0) is 11.3 Å². The molecule has 0 spiro atoms. The zero-order chi connectivity index (χ0) is 24.1. The van der Waals surface area contributed by atoms with Crippen molar-refractivity contribution >= 4 is 40.3 Å². The number of hydrazine groups is 1. The van der Waals surface area contributed by atoms with E-state index in [1.54, 1.807) is 36.4 Å². The minimum Gasteiger partial charge on any atom is -0.268 e. The molecule has 0 saturated heterocycles. The third-order valence-corrected chi connectivity index (χ3v) is 5.59. The Morgan fingerprint density at radius 3 is 2.41 bits per heavy atom. The van der Waals surface area contributed by atoms with Crippen LogP contribution in [0.3, 0.4) is 0 Å². The maximum atomic E-state index is 12.9. The molecule has 0 bridgehead atoms. The lowest BCUT2D eigenvalue weighted by Crippen LogP contribution is -2.42. The van der Waals surface area contributed by atoms with Gasteiger partial charge in [-0.05, 0) is 41.8 Å². The summed E-state index contributed by atoms with van der Waals surface area (Å²) < 4.78 is 1.25. The summed E-state index contributed by atoms with van der Waals surface area (Å²) in [6.45, 7) is 2.09. The summed E-state index contributed by atoms with van der Waals surface area (Å²) >= 11 is 6.10. The van der Waals surface area contributed by atoms with Gasteiger partial charge < -0.3 is 0 Å². The molecule has 0 saturated carbocycles. The van der Waals surface area contributed by atoms with Crippen LogP contribution in [0, 0.1) is 6.92 Å². The van der Waals surface area contributed by atoms with E-state index < -0.39 is 11.8 Å². The quantitative estimate of drug-likeness (QED) is 0.340. The average Bonchev–Trinajstić information content (AvgIpc) is 2.85. The first-order chi connectivity index (χ1) is 16.4. The maximum Gasteiger partial charge on any atom is 0.290 e. The third kappa shape index (κ3) is 5.22. The maximum absolute atomic E-state index is 12.9. The van der Waals surface area contributed by atoms with E-state index in [2.05, 4.69) is 16.0 Å². The zero-order valence-corrected chi connectivity index (χ0v) is 19.0. The van der Waals surface area contributed by atoms with Crippen molar-refractivity contribution in [2.45, 2.75) is 13.5 Å². The Balaban J connectivity index is 1.54. The highest BCUT2D eigenvalue weighted by Crippen LogP contribution is 2.17. The van der Waals surface area contributed by atoms with Crippen LogP contribution >= 0.6 is 11.6 Å². The Morgan fingerprint density at radius 1 is 0.971 bits per heavy atom. The number of hydrogen-bond acceptors (Lipinski definition) is 4. The van der Waals surface area contributed by atoms with Crippen molar-refractivity contribution in [1.29, 1.82) is 0 Å². The largest absolute Gasteiger partial charge is 0.290 e. The Labute approximate surface area is 200 Å². The van der Waals surface area contributed by atoms with Crippen molar-refractivity contribution in [2.24, 2.45) is 0 Å². The van der Waals surface area contributed by atoms with Gasteiger partial charge >= 0.3 is 0 Å². The van der Waals surface area contributed by atoms with Gasteiger partial charge in [0.2, 0.25) is 0 Å². The van der Waals surface area contributed by atoms with Crippen LogP contribution in [0.15, 0.2) is 83.7 Å². The van der Waals surface area contributed by atoms with E-state index in [1.807, 2.05) is 49.4 Å². The van der Waals surface area contributed by atoms with Gasteiger partial charge in [0, 0.05) is 16.5 Å². The summed E-state index contributed by atoms with van der Waals surface area (Å²) in [7, 11) is 0. The zero-order valence-electron chi connectivity index (χ0n) is 18.3. The Bertz CT molecular complexity index is 1460. The second-order valence-electron chi connectivity index (χ2n) is 7.63. The molecule has 2 N–H and O–H groups in total. The summed E-state index contributed by atoms with van der Waals surface area (Å²) in [5, 5.41) is 5.65. The lowest BCUT2D eigenvalue weighted by Gasteiger charge is -2.11. The van der Waals surface area contributed by atoms with E-state index >= 15 is 0 Å². The van der Waals surface area contributed by atoms with Gasteiger partial charge in [-0.1, -0.05) is 72.3 Å². The number of fused-ring (bicyclic) bond motifs is 1. The van der Waals surface area contributed by atoms with Crippen LogP contribution in [0.4, 0.5) is 0 Å². The van der Waals surface area contributed by atoms with Crippen LogP contribution in [0.2, 0.25) is 5.02 Å². The summed E-state index contributed by atoms with van der Waals surface area (Å²) in [5.74, 6) is -1.18. The molecule has 0 aliphatic heterocycles. The van der Waals surface area contributed by atoms with Crippen LogP contribution in [0.1, 0.15) is 27.2 Å². The number of hydrogen-bond donors (Lipinski definition) is 2. The second kappa shape index (κ2) is 10.1. The number of carbonyl (C=O) groups is 2. The number of rotatable bonds is 5. The molecule has 8 heteroatoms. The van der Waals surface area contributed by atoms with E-state index in [-0.39, 0.29) is 17.8 Å². The van der Waals surface area contributed by atoms with Crippen molar-refractivity contribution in [3.05, 3.63) is 117 Å². The highest BCUT2D eigenvalue weighted by molar-refractivity contribution is 6.31. The fourth-order valence-electron chi connectivity index (χ4n) is 3.37. The van der Waals surface area contributed by atoms with Crippen molar-refractivity contribution < 1.29 is 9.59 Å². The van der Waals surface area contributed by atoms with Gasteiger partial charge in [0.25, 0.3) is 17.4 Å². The minimum atomic E-state index is -0.641. The van der Waals surface area contributed by atoms with Gasteiger partial charge in [-0.25, -0.2) is 4.68 Å². The second-order valence-corrected chi connectivity index (χ2v) is 8.04. The molecule has 170 valence electrons. The van der Waals surface area contributed by atoms with Crippen LogP contribution < -0.4 is 16.4 Å². The van der Waals surface area contributed by atoms with Gasteiger partial charge in [-0.3, -0.25) is 25.2 Å². The molecule has 0 radical (unpaired) electrons. The fourth-order valence-corrected chi connectivity index (χ4v) is 3.56. The summed E-state index contributed by atoms with van der Waals surface area (Å²) in [6, 6.07) is 21.5. The van der Waals surface area contributed by atoms with E-state index in [0.29, 0.717) is 15.8 Å². The minimum absolute atomic E-state index is 0.0285. The highest BCUT2D eigenvalue weighted by Gasteiger charge is 2.17. The molecular weight excluding hydrogens is 452 g/mol. The predicted molar refractivity (Wildman–Crippen MR) is 132 cm³/mol. The Morgan fingerprint density at radius 2 is 1.68 bits per heavy atom. The molecule has 0 aliphatic carbocycles. The number of aromatic nitrogens is 2. The van der Waals surface area contributed by atoms with Gasteiger partial charge in [-0.15, -0.1) is 0 Å². The fraction of sp³-hybridized carbons (Fsp3) is 0.0769. The number of halogens is 1. The average molecular weight is 473 g/mol. The predicted octanol–water partition coefficient (Wildman–Crippen LogP) is 3.88. The summed E-state index contributed by atoms with van der Waals surface area (Å²) in [4.78, 5) is 38.0. The Hall–Kier alpha value is -4.23. The molecule has 0 aliphatic rings. The molecule has 4 rings (SSSR count). The highest BCUT2D eigenvalue weighted by atomic mass is 35.5. The summed E-state index contributed by atoms with van der Waals surface area (Å²) in [5.41, 5.74) is 6.98.